The van der Waals surface area contributed by atoms with Crippen molar-refractivity contribution in [3.63, 3.8) is 0 Å². The number of carbonyl (C=O) groups excluding carboxylic acids is 2. The third-order valence-corrected chi connectivity index (χ3v) is 5.29. The third-order valence-electron chi connectivity index (χ3n) is 3.73. The van der Waals surface area contributed by atoms with Crippen LogP contribution in [0.15, 0.2) is 59.5 Å². The summed E-state index contributed by atoms with van der Waals surface area (Å²) in [5, 5.41) is 2.55. The average Bonchev–Trinajstić information content (AvgIpc) is 2.62. The van der Waals surface area contributed by atoms with E-state index in [9.17, 15) is 18.0 Å². The lowest BCUT2D eigenvalue weighted by atomic mass is 10.1. The largest absolute Gasteiger partial charge is 0.457 e. The van der Waals surface area contributed by atoms with Crippen LogP contribution in [0.1, 0.15) is 32.4 Å². The van der Waals surface area contributed by atoms with Gasteiger partial charge in [0.2, 0.25) is 15.9 Å². The molecule has 0 radical (unpaired) electrons. The summed E-state index contributed by atoms with van der Waals surface area (Å²) in [4.78, 5) is 23.2. The van der Waals surface area contributed by atoms with Crippen LogP contribution in [0.2, 0.25) is 0 Å². The molecule has 27 heavy (non-hydrogen) atoms. The Labute approximate surface area is 158 Å². The molecule has 0 heterocycles. The topological polar surface area (TPSA) is 102 Å². The molecule has 2 atom stereocenters. The van der Waals surface area contributed by atoms with Crippen molar-refractivity contribution in [1.29, 1.82) is 0 Å². The minimum atomic E-state index is -3.91. The molecule has 0 aliphatic rings. The maximum atomic E-state index is 12.4. The van der Waals surface area contributed by atoms with Gasteiger partial charge in [-0.1, -0.05) is 30.3 Å². The van der Waals surface area contributed by atoms with Gasteiger partial charge in [-0.3, -0.25) is 9.59 Å². The zero-order valence-corrected chi connectivity index (χ0v) is 16.1. The zero-order chi connectivity index (χ0) is 20.0. The van der Waals surface area contributed by atoms with E-state index in [1.807, 2.05) is 30.3 Å². The number of rotatable bonds is 7. The van der Waals surface area contributed by atoms with Crippen LogP contribution in [0.25, 0.3) is 0 Å². The Morgan fingerprint density at radius 3 is 2.11 bits per heavy atom. The Morgan fingerprint density at radius 1 is 0.963 bits per heavy atom. The molecular formula is C19H22N2O5S. The molecule has 144 valence electrons. The summed E-state index contributed by atoms with van der Waals surface area (Å²) in [7, 11) is -3.91. The van der Waals surface area contributed by atoms with Gasteiger partial charge in [-0.05, 0) is 43.7 Å². The van der Waals surface area contributed by atoms with Crippen molar-refractivity contribution >= 4 is 27.6 Å². The summed E-state index contributed by atoms with van der Waals surface area (Å²) in [6.45, 7) is 4.49. The summed E-state index contributed by atoms with van der Waals surface area (Å²) < 4.78 is 32.5. The van der Waals surface area contributed by atoms with Gasteiger partial charge in [-0.15, -0.1) is 0 Å². The highest BCUT2D eigenvalue weighted by molar-refractivity contribution is 7.89. The molecular weight excluding hydrogens is 368 g/mol. The molecule has 0 bridgehead atoms. The van der Waals surface area contributed by atoms with Gasteiger partial charge in [0, 0.05) is 12.6 Å². The molecule has 2 aromatic carbocycles. The summed E-state index contributed by atoms with van der Waals surface area (Å²) in [6, 6.07) is 13.7. The van der Waals surface area contributed by atoms with Crippen molar-refractivity contribution in [3.05, 3.63) is 60.2 Å². The van der Waals surface area contributed by atoms with E-state index >= 15 is 0 Å². The minimum absolute atomic E-state index is 0.0210. The van der Waals surface area contributed by atoms with E-state index < -0.39 is 28.1 Å². The fourth-order valence-corrected chi connectivity index (χ4v) is 3.53. The van der Waals surface area contributed by atoms with Gasteiger partial charge in [0.05, 0.1) is 4.90 Å². The SMILES string of the molecule is CC(=O)Nc1ccc(S(=O)(=O)N[C@@H](C)C(=O)O[C@H](C)c2ccccc2)cc1. The normalized spacial score (nSPS) is 13.4. The van der Waals surface area contributed by atoms with Gasteiger partial charge in [0.1, 0.15) is 12.1 Å². The lowest BCUT2D eigenvalue weighted by Gasteiger charge is -2.18. The second kappa shape index (κ2) is 8.79. The molecule has 8 heteroatoms. The molecule has 0 spiro atoms. The predicted molar refractivity (Wildman–Crippen MR) is 101 cm³/mol. The quantitative estimate of drug-likeness (QED) is 0.708. The fourth-order valence-electron chi connectivity index (χ4n) is 2.34. The Kier molecular flexibility index (Phi) is 6.70. The highest BCUT2D eigenvalue weighted by Crippen LogP contribution is 2.18. The molecule has 0 aromatic heterocycles. The number of ether oxygens (including phenoxy) is 1. The monoisotopic (exact) mass is 390 g/mol. The van der Waals surface area contributed by atoms with Gasteiger partial charge in [0.25, 0.3) is 0 Å². The Hall–Kier alpha value is -2.71. The highest BCUT2D eigenvalue weighted by atomic mass is 32.2. The van der Waals surface area contributed by atoms with Crippen LogP contribution in [0, 0.1) is 0 Å². The average molecular weight is 390 g/mol. The molecule has 2 N–H and O–H groups in total. The first-order chi connectivity index (χ1) is 12.7. The number of benzene rings is 2. The van der Waals surface area contributed by atoms with Crippen molar-refractivity contribution in [2.45, 2.75) is 37.8 Å². The van der Waals surface area contributed by atoms with Gasteiger partial charge in [-0.25, -0.2) is 8.42 Å². The molecule has 0 aliphatic heterocycles. The van der Waals surface area contributed by atoms with Gasteiger partial charge >= 0.3 is 5.97 Å². The molecule has 0 fully saturated rings. The van der Waals surface area contributed by atoms with Crippen molar-refractivity contribution in [3.8, 4) is 0 Å². The maximum absolute atomic E-state index is 12.4. The van der Waals surface area contributed by atoms with E-state index in [0.717, 1.165) is 5.56 Å². The van der Waals surface area contributed by atoms with Gasteiger partial charge in [-0.2, -0.15) is 4.72 Å². The number of hydrogen-bond acceptors (Lipinski definition) is 5. The van der Waals surface area contributed by atoms with E-state index in [0.29, 0.717) is 5.69 Å². The van der Waals surface area contributed by atoms with Crippen LogP contribution in [0.3, 0.4) is 0 Å². The number of esters is 1. The number of amides is 1. The summed E-state index contributed by atoms with van der Waals surface area (Å²) in [5.74, 6) is -0.933. The smallest absolute Gasteiger partial charge is 0.324 e. The van der Waals surface area contributed by atoms with Crippen LogP contribution in [-0.2, 0) is 24.3 Å². The molecule has 0 unspecified atom stereocenters. The Balaban J connectivity index is 2.01. The van der Waals surface area contributed by atoms with Crippen LogP contribution in [0.5, 0.6) is 0 Å². The molecule has 1 amide bonds. The molecule has 2 rings (SSSR count). The summed E-state index contributed by atoms with van der Waals surface area (Å²) in [5.41, 5.74) is 1.29. The number of anilines is 1. The Morgan fingerprint density at radius 2 is 1.56 bits per heavy atom. The lowest BCUT2D eigenvalue weighted by molar-refractivity contribution is -0.150. The third kappa shape index (κ3) is 5.90. The molecule has 2 aromatic rings. The van der Waals surface area contributed by atoms with Crippen molar-refractivity contribution in [2.75, 3.05) is 5.32 Å². The molecule has 0 saturated heterocycles. The van der Waals surface area contributed by atoms with E-state index in [1.165, 1.54) is 38.1 Å². The number of hydrogen-bond donors (Lipinski definition) is 2. The number of sulfonamides is 1. The van der Waals surface area contributed by atoms with Crippen molar-refractivity contribution in [1.82, 2.24) is 4.72 Å². The predicted octanol–water partition coefficient (Wildman–Crippen LogP) is 2.62. The van der Waals surface area contributed by atoms with Gasteiger partial charge < -0.3 is 10.1 Å². The standard InChI is InChI=1S/C19H22N2O5S/c1-13(19(23)26-14(2)16-7-5-4-6-8-16)21-27(24,25)18-11-9-17(10-12-18)20-15(3)22/h4-14,21H,1-3H3,(H,20,22)/t13-,14+/m0/s1. The van der Waals surface area contributed by atoms with Crippen molar-refractivity contribution in [2.24, 2.45) is 0 Å². The van der Waals surface area contributed by atoms with Gasteiger partial charge in [0.15, 0.2) is 0 Å². The van der Waals surface area contributed by atoms with E-state index in [4.69, 9.17) is 4.74 Å². The van der Waals surface area contributed by atoms with Crippen LogP contribution < -0.4 is 10.0 Å². The first-order valence-corrected chi connectivity index (χ1v) is 9.83. The van der Waals surface area contributed by atoms with E-state index in [-0.39, 0.29) is 10.8 Å². The second-order valence-corrected chi connectivity index (χ2v) is 7.75. The van der Waals surface area contributed by atoms with Crippen LogP contribution in [-0.4, -0.2) is 26.3 Å². The first kappa shape index (κ1) is 20.6. The zero-order valence-electron chi connectivity index (χ0n) is 15.3. The maximum Gasteiger partial charge on any atom is 0.324 e. The van der Waals surface area contributed by atoms with E-state index in [1.54, 1.807) is 6.92 Å². The first-order valence-electron chi connectivity index (χ1n) is 8.34. The van der Waals surface area contributed by atoms with Crippen LogP contribution in [0.4, 0.5) is 5.69 Å². The molecule has 0 aliphatic carbocycles. The highest BCUT2D eigenvalue weighted by Gasteiger charge is 2.24. The second-order valence-electron chi connectivity index (χ2n) is 6.04. The summed E-state index contributed by atoms with van der Waals surface area (Å²) >= 11 is 0. The molecule has 7 nitrogen and oxygen atoms in total. The van der Waals surface area contributed by atoms with E-state index in [2.05, 4.69) is 10.0 Å². The van der Waals surface area contributed by atoms with Crippen LogP contribution >= 0.6 is 0 Å². The lowest BCUT2D eigenvalue weighted by Crippen LogP contribution is -2.39. The minimum Gasteiger partial charge on any atom is -0.457 e. The van der Waals surface area contributed by atoms with Crippen molar-refractivity contribution < 1.29 is 22.7 Å². The fraction of sp³-hybridized carbons (Fsp3) is 0.263. The molecule has 0 saturated carbocycles. The summed E-state index contributed by atoms with van der Waals surface area (Å²) in [6.07, 6.45) is -0.498. The Bertz CT molecular complexity index is 895. The number of nitrogens with one attached hydrogen (secondary N) is 2. The number of carbonyl (C=O) groups is 2.